The Morgan fingerprint density at radius 2 is 2.00 bits per heavy atom. The molecule has 0 saturated heterocycles. The number of benzene rings is 2. The Bertz CT molecular complexity index is 928. The Labute approximate surface area is 138 Å². The van der Waals surface area contributed by atoms with E-state index in [4.69, 9.17) is 11.1 Å². The normalized spacial score (nSPS) is 10.7. The number of carboxylic acids is 1. The lowest BCUT2D eigenvalue weighted by molar-refractivity contribution is 0.0696. The number of aromatic amines is 1. The molecule has 6 N–H and O–H groups in total. The van der Waals surface area contributed by atoms with E-state index in [2.05, 4.69) is 15.3 Å². The third-order valence-electron chi connectivity index (χ3n) is 3.84. The highest BCUT2D eigenvalue weighted by molar-refractivity contribution is 5.96. The monoisotopic (exact) mass is 323 g/mol. The summed E-state index contributed by atoms with van der Waals surface area (Å²) in [5, 5.41) is 19.8. The van der Waals surface area contributed by atoms with Crippen molar-refractivity contribution in [2.24, 2.45) is 5.73 Å². The predicted octanol–water partition coefficient (Wildman–Crippen LogP) is 2.47. The Kier molecular flexibility index (Phi) is 3.91. The zero-order valence-electron chi connectivity index (χ0n) is 13.1. The largest absolute Gasteiger partial charge is 0.478 e. The highest BCUT2D eigenvalue weighted by Crippen LogP contribution is 2.20. The minimum Gasteiger partial charge on any atom is -0.478 e. The van der Waals surface area contributed by atoms with Crippen molar-refractivity contribution in [1.82, 2.24) is 9.97 Å². The molecule has 0 saturated carbocycles. The topological polar surface area (TPSA) is 128 Å². The van der Waals surface area contributed by atoms with Gasteiger partial charge in [0.1, 0.15) is 11.7 Å². The number of nitrogens with two attached hydrogens (primary N) is 1. The molecule has 7 heteroatoms. The summed E-state index contributed by atoms with van der Waals surface area (Å²) in [7, 11) is 0. The zero-order chi connectivity index (χ0) is 17.3. The number of nitrogens with zero attached hydrogens (tertiary/aromatic N) is 1. The van der Waals surface area contributed by atoms with E-state index in [1.807, 2.05) is 12.1 Å². The molecule has 24 heavy (non-hydrogen) atoms. The summed E-state index contributed by atoms with van der Waals surface area (Å²) in [6.45, 7) is 2.22. The summed E-state index contributed by atoms with van der Waals surface area (Å²) in [4.78, 5) is 18.8. The Morgan fingerprint density at radius 1 is 1.29 bits per heavy atom. The van der Waals surface area contributed by atoms with Crippen molar-refractivity contribution in [3.8, 4) is 0 Å². The minimum absolute atomic E-state index is 0.0311. The summed E-state index contributed by atoms with van der Waals surface area (Å²) < 4.78 is 0. The second kappa shape index (κ2) is 6.04. The van der Waals surface area contributed by atoms with Gasteiger partial charge in [0.05, 0.1) is 23.1 Å². The lowest BCUT2D eigenvalue weighted by Crippen LogP contribution is -2.10. The lowest BCUT2D eigenvalue weighted by atomic mass is 10.1. The molecule has 1 aromatic heterocycles. The molecular formula is C17H17N5O2. The molecule has 0 atom stereocenters. The number of amidine groups is 1. The number of rotatable bonds is 5. The smallest absolute Gasteiger partial charge is 0.336 e. The third-order valence-corrected chi connectivity index (χ3v) is 3.84. The van der Waals surface area contributed by atoms with Gasteiger partial charge in [0.25, 0.3) is 0 Å². The summed E-state index contributed by atoms with van der Waals surface area (Å²) in [5.74, 6) is -0.211. The summed E-state index contributed by atoms with van der Waals surface area (Å²) in [6.07, 6.45) is 0. The van der Waals surface area contributed by atoms with Gasteiger partial charge in [0, 0.05) is 11.3 Å². The number of aromatic carboxylic acids is 1. The number of fused-ring (bicyclic) bond motifs is 1. The molecule has 3 rings (SSSR count). The number of nitrogens with one attached hydrogen (secondary N) is 3. The molecule has 0 aliphatic rings. The van der Waals surface area contributed by atoms with Crippen LogP contribution in [0.15, 0.2) is 36.4 Å². The number of aromatic nitrogens is 2. The number of nitrogen functional groups attached to an aromatic ring is 1. The molecule has 122 valence electrons. The third kappa shape index (κ3) is 2.91. The van der Waals surface area contributed by atoms with Crippen LogP contribution in [0.25, 0.3) is 11.0 Å². The summed E-state index contributed by atoms with van der Waals surface area (Å²) >= 11 is 0. The molecule has 1 heterocycles. The van der Waals surface area contributed by atoms with E-state index in [-0.39, 0.29) is 11.4 Å². The zero-order valence-corrected chi connectivity index (χ0v) is 13.1. The van der Waals surface area contributed by atoms with Gasteiger partial charge in [-0.2, -0.15) is 0 Å². The van der Waals surface area contributed by atoms with Gasteiger partial charge in [-0.25, -0.2) is 9.78 Å². The number of H-pyrrole nitrogens is 1. The molecule has 3 aromatic rings. The number of carbonyl (C=O) groups is 1. The second-order valence-corrected chi connectivity index (χ2v) is 5.47. The molecule has 2 aromatic carbocycles. The van der Waals surface area contributed by atoms with E-state index in [0.29, 0.717) is 29.0 Å². The molecule has 0 aliphatic heterocycles. The van der Waals surface area contributed by atoms with Crippen LogP contribution in [0.5, 0.6) is 0 Å². The van der Waals surface area contributed by atoms with Crippen LogP contribution in [-0.4, -0.2) is 26.9 Å². The van der Waals surface area contributed by atoms with E-state index in [9.17, 15) is 9.90 Å². The molecular weight excluding hydrogens is 306 g/mol. The van der Waals surface area contributed by atoms with Crippen LogP contribution < -0.4 is 11.1 Å². The highest BCUT2D eigenvalue weighted by atomic mass is 16.4. The first-order valence-electron chi connectivity index (χ1n) is 7.35. The fourth-order valence-electron chi connectivity index (χ4n) is 2.53. The van der Waals surface area contributed by atoms with Crippen LogP contribution >= 0.6 is 0 Å². The van der Waals surface area contributed by atoms with Crippen molar-refractivity contribution in [1.29, 1.82) is 5.41 Å². The fraction of sp³-hybridized carbons (Fsp3) is 0.118. The number of hydrogen-bond acceptors (Lipinski definition) is 4. The van der Waals surface area contributed by atoms with Gasteiger partial charge in [0.15, 0.2) is 0 Å². The van der Waals surface area contributed by atoms with E-state index in [0.717, 1.165) is 11.2 Å². The number of imidazole rings is 1. The Morgan fingerprint density at radius 3 is 2.62 bits per heavy atom. The number of anilines is 1. The molecule has 7 nitrogen and oxygen atoms in total. The van der Waals surface area contributed by atoms with Gasteiger partial charge in [-0.05, 0) is 48.9 Å². The van der Waals surface area contributed by atoms with Crippen LogP contribution in [0, 0.1) is 12.3 Å². The van der Waals surface area contributed by atoms with Crippen molar-refractivity contribution in [2.75, 3.05) is 5.32 Å². The van der Waals surface area contributed by atoms with E-state index in [1.165, 1.54) is 0 Å². The second-order valence-electron chi connectivity index (χ2n) is 5.47. The standard InChI is InChI=1S/C17H17N5O2/c1-9-12(17(23)24)6-7-13-15(9)22-14(21-13)8-20-11-4-2-10(3-5-11)16(18)19/h2-7,20H,8H2,1H3,(H3,18,19)(H,21,22)(H,23,24). The van der Waals surface area contributed by atoms with Crippen LogP contribution in [0.4, 0.5) is 5.69 Å². The average Bonchev–Trinajstić information content (AvgIpc) is 2.97. The highest BCUT2D eigenvalue weighted by Gasteiger charge is 2.13. The van der Waals surface area contributed by atoms with Gasteiger partial charge < -0.3 is 21.1 Å². The van der Waals surface area contributed by atoms with Gasteiger partial charge in [-0.15, -0.1) is 0 Å². The number of hydrogen-bond donors (Lipinski definition) is 5. The molecule has 0 spiro atoms. The SMILES string of the molecule is Cc1c(C(=O)O)ccc2[nH]c(CNc3ccc(C(=N)N)cc3)nc12. The van der Waals surface area contributed by atoms with E-state index >= 15 is 0 Å². The molecule has 0 aliphatic carbocycles. The minimum atomic E-state index is -0.956. The molecule has 0 bridgehead atoms. The molecule has 0 unspecified atom stereocenters. The number of aryl methyl sites for hydroxylation is 1. The Hall–Kier alpha value is -3.35. The first kappa shape index (κ1) is 15.5. The maximum Gasteiger partial charge on any atom is 0.336 e. The van der Waals surface area contributed by atoms with Crippen molar-refractivity contribution in [2.45, 2.75) is 13.5 Å². The van der Waals surface area contributed by atoms with E-state index in [1.54, 1.807) is 31.2 Å². The van der Waals surface area contributed by atoms with Gasteiger partial charge in [-0.1, -0.05) is 0 Å². The van der Waals surface area contributed by atoms with Gasteiger partial charge >= 0.3 is 5.97 Å². The van der Waals surface area contributed by atoms with Gasteiger partial charge in [-0.3, -0.25) is 5.41 Å². The van der Waals surface area contributed by atoms with Crippen molar-refractivity contribution >= 4 is 28.5 Å². The molecule has 0 amide bonds. The van der Waals surface area contributed by atoms with Crippen molar-refractivity contribution < 1.29 is 9.90 Å². The summed E-state index contributed by atoms with van der Waals surface area (Å²) in [6, 6.07) is 10.5. The molecule has 0 radical (unpaired) electrons. The van der Waals surface area contributed by atoms with Crippen LogP contribution in [0.2, 0.25) is 0 Å². The van der Waals surface area contributed by atoms with Crippen LogP contribution in [-0.2, 0) is 6.54 Å². The fourth-order valence-corrected chi connectivity index (χ4v) is 2.53. The maximum absolute atomic E-state index is 11.2. The predicted molar refractivity (Wildman–Crippen MR) is 92.6 cm³/mol. The number of carboxylic acid groups (broad SMARTS) is 1. The first-order valence-corrected chi connectivity index (χ1v) is 7.35. The van der Waals surface area contributed by atoms with Crippen LogP contribution in [0.3, 0.4) is 0 Å². The van der Waals surface area contributed by atoms with Crippen LogP contribution in [0.1, 0.15) is 27.3 Å². The lowest BCUT2D eigenvalue weighted by Gasteiger charge is -2.05. The molecule has 0 fully saturated rings. The quantitative estimate of drug-likeness (QED) is 0.364. The Balaban J connectivity index is 1.79. The summed E-state index contributed by atoms with van der Waals surface area (Å²) in [5.41, 5.74) is 9.35. The first-order chi connectivity index (χ1) is 11.5. The van der Waals surface area contributed by atoms with E-state index < -0.39 is 5.97 Å². The average molecular weight is 323 g/mol. The van der Waals surface area contributed by atoms with Crippen molar-refractivity contribution in [3.05, 3.63) is 58.9 Å². The maximum atomic E-state index is 11.2. The van der Waals surface area contributed by atoms with Crippen molar-refractivity contribution in [3.63, 3.8) is 0 Å². The van der Waals surface area contributed by atoms with Gasteiger partial charge in [0.2, 0.25) is 0 Å².